The van der Waals surface area contributed by atoms with Crippen LogP contribution in [0.1, 0.15) is 25.7 Å². The van der Waals surface area contributed by atoms with Crippen molar-refractivity contribution in [3.63, 3.8) is 0 Å². The molecule has 0 radical (unpaired) electrons. The SMILES string of the molecule is CN1CCC(C/C=C\CCO)CC1. The number of nitrogens with zero attached hydrogens (tertiary/aromatic N) is 1. The van der Waals surface area contributed by atoms with Crippen LogP contribution in [0.4, 0.5) is 0 Å². The summed E-state index contributed by atoms with van der Waals surface area (Å²) in [7, 11) is 2.19. The van der Waals surface area contributed by atoms with Crippen molar-refractivity contribution in [1.29, 1.82) is 0 Å². The third-order valence-corrected chi connectivity index (χ3v) is 2.77. The summed E-state index contributed by atoms with van der Waals surface area (Å²) in [5.74, 6) is 0.881. The van der Waals surface area contributed by atoms with E-state index in [0.717, 1.165) is 12.3 Å². The molecule has 1 saturated heterocycles. The van der Waals surface area contributed by atoms with E-state index in [0.29, 0.717) is 0 Å². The van der Waals surface area contributed by atoms with Gasteiger partial charge >= 0.3 is 0 Å². The fraction of sp³-hybridized carbons (Fsp3) is 0.818. The van der Waals surface area contributed by atoms with Gasteiger partial charge in [-0.25, -0.2) is 0 Å². The average Bonchev–Trinajstić information content (AvgIpc) is 2.15. The highest BCUT2D eigenvalue weighted by Gasteiger charge is 2.14. The van der Waals surface area contributed by atoms with Crippen molar-refractivity contribution in [1.82, 2.24) is 4.90 Å². The maximum absolute atomic E-state index is 8.58. The Balaban J connectivity index is 2.08. The molecule has 1 fully saturated rings. The summed E-state index contributed by atoms with van der Waals surface area (Å²) in [5, 5.41) is 8.58. The minimum atomic E-state index is 0.282. The van der Waals surface area contributed by atoms with Gasteiger partial charge in [0.25, 0.3) is 0 Å². The first-order valence-corrected chi connectivity index (χ1v) is 5.27. The van der Waals surface area contributed by atoms with Crippen molar-refractivity contribution in [3.8, 4) is 0 Å². The number of aliphatic hydroxyl groups excluding tert-OH is 1. The Bertz CT molecular complexity index is 148. The van der Waals surface area contributed by atoms with Crippen molar-refractivity contribution in [3.05, 3.63) is 12.2 Å². The molecule has 76 valence electrons. The first-order chi connectivity index (χ1) is 6.33. The number of hydrogen-bond acceptors (Lipinski definition) is 2. The van der Waals surface area contributed by atoms with Crippen LogP contribution in [0.15, 0.2) is 12.2 Å². The molecule has 0 saturated carbocycles. The highest BCUT2D eigenvalue weighted by molar-refractivity contribution is 4.85. The molecule has 0 aromatic heterocycles. The zero-order chi connectivity index (χ0) is 9.52. The molecular formula is C11H21NO. The van der Waals surface area contributed by atoms with E-state index in [-0.39, 0.29) is 6.61 Å². The smallest absolute Gasteiger partial charge is 0.0465 e. The highest BCUT2D eigenvalue weighted by atomic mass is 16.2. The maximum Gasteiger partial charge on any atom is 0.0465 e. The van der Waals surface area contributed by atoms with Crippen LogP contribution in [-0.2, 0) is 0 Å². The van der Waals surface area contributed by atoms with Gasteiger partial charge in [0, 0.05) is 6.61 Å². The van der Waals surface area contributed by atoms with Gasteiger partial charge in [0.1, 0.15) is 0 Å². The molecule has 0 atom stereocenters. The fourth-order valence-corrected chi connectivity index (χ4v) is 1.78. The lowest BCUT2D eigenvalue weighted by Gasteiger charge is -2.28. The minimum absolute atomic E-state index is 0.282. The normalized spacial score (nSPS) is 21.4. The summed E-state index contributed by atoms with van der Waals surface area (Å²) < 4.78 is 0. The van der Waals surface area contributed by atoms with E-state index in [4.69, 9.17) is 5.11 Å². The second-order valence-corrected chi connectivity index (χ2v) is 3.97. The Morgan fingerprint density at radius 3 is 2.62 bits per heavy atom. The number of hydrogen-bond donors (Lipinski definition) is 1. The second kappa shape index (κ2) is 6.17. The Hall–Kier alpha value is -0.340. The van der Waals surface area contributed by atoms with Gasteiger partial charge in [-0.3, -0.25) is 0 Å². The van der Waals surface area contributed by atoms with Gasteiger partial charge in [0.2, 0.25) is 0 Å². The molecule has 0 bridgehead atoms. The van der Waals surface area contributed by atoms with Crippen LogP contribution < -0.4 is 0 Å². The Morgan fingerprint density at radius 1 is 1.31 bits per heavy atom. The average molecular weight is 183 g/mol. The topological polar surface area (TPSA) is 23.5 Å². The molecule has 1 N–H and O–H groups in total. The van der Waals surface area contributed by atoms with Crippen LogP contribution in [0.3, 0.4) is 0 Å². The zero-order valence-electron chi connectivity index (χ0n) is 8.58. The second-order valence-electron chi connectivity index (χ2n) is 3.97. The summed E-state index contributed by atoms with van der Waals surface area (Å²) >= 11 is 0. The lowest BCUT2D eigenvalue weighted by molar-refractivity contribution is 0.220. The molecule has 0 aromatic carbocycles. The molecule has 13 heavy (non-hydrogen) atoms. The lowest BCUT2D eigenvalue weighted by Crippen LogP contribution is -2.29. The molecule has 1 heterocycles. The van der Waals surface area contributed by atoms with E-state index in [1.165, 1.54) is 32.4 Å². The van der Waals surface area contributed by atoms with E-state index in [1.54, 1.807) is 0 Å². The monoisotopic (exact) mass is 183 g/mol. The third kappa shape index (κ3) is 4.44. The molecule has 0 unspecified atom stereocenters. The molecule has 0 amide bonds. The number of rotatable bonds is 4. The number of likely N-dealkylation sites (tertiary alicyclic amines) is 1. The summed E-state index contributed by atoms with van der Waals surface area (Å²) in [5.41, 5.74) is 0. The summed E-state index contributed by atoms with van der Waals surface area (Å²) in [6.45, 7) is 2.78. The van der Waals surface area contributed by atoms with Gasteiger partial charge in [0.15, 0.2) is 0 Å². The molecule has 1 aliphatic rings. The summed E-state index contributed by atoms with van der Waals surface area (Å²) in [4.78, 5) is 2.40. The van der Waals surface area contributed by atoms with Crippen LogP contribution in [-0.4, -0.2) is 36.8 Å². The Labute approximate surface area is 81.2 Å². The Morgan fingerprint density at radius 2 is 2.00 bits per heavy atom. The van der Waals surface area contributed by atoms with Crippen LogP contribution >= 0.6 is 0 Å². The van der Waals surface area contributed by atoms with Crippen LogP contribution in [0.25, 0.3) is 0 Å². The number of aliphatic hydroxyl groups is 1. The Kier molecular flexibility index (Phi) is 5.09. The van der Waals surface area contributed by atoms with Gasteiger partial charge in [-0.1, -0.05) is 12.2 Å². The van der Waals surface area contributed by atoms with Gasteiger partial charge < -0.3 is 10.0 Å². The molecule has 2 heteroatoms. The van der Waals surface area contributed by atoms with Crippen molar-refractivity contribution >= 4 is 0 Å². The largest absolute Gasteiger partial charge is 0.396 e. The molecule has 0 aromatic rings. The van der Waals surface area contributed by atoms with Crippen molar-refractivity contribution in [2.75, 3.05) is 26.7 Å². The summed E-state index contributed by atoms with van der Waals surface area (Å²) in [6, 6.07) is 0. The first kappa shape index (κ1) is 10.7. The van der Waals surface area contributed by atoms with Crippen molar-refractivity contribution in [2.24, 2.45) is 5.92 Å². The van der Waals surface area contributed by atoms with Gasteiger partial charge in [-0.05, 0) is 51.7 Å². The first-order valence-electron chi connectivity index (χ1n) is 5.27. The number of piperidine rings is 1. The number of allylic oxidation sites excluding steroid dienone is 1. The van der Waals surface area contributed by atoms with Crippen molar-refractivity contribution < 1.29 is 5.11 Å². The molecule has 0 aliphatic carbocycles. The molecule has 2 nitrogen and oxygen atoms in total. The zero-order valence-corrected chi connectivity index (χ0v) is 8.58. The molecular weight excluding hydrogens is 162 g/mol. The van der Waals surface area contributed by atoms with Gasteiger partial charge in [-0.15, -0.1) is 0 Å². The predicted octanol–water partition coefficient (Wildman–Crippen LogP) is 1.66. The molecule has 1 aliphatic heterocycles. The standard InChI is InChI=1S/C11H21NO/c1-12-8-6-11(7-9-12)5-3-2-4-10-13/h2-3,11,13H,4-10H2,1H3/b3-2-. The van der Waals surface area contributed by atoms with E-state index < -0.39 is 0 Å². The fourth-order valence-electron chi connectivity index (χ4n) is 1.78. The third-order valence-electron chi connectivity index (χ3n) is 2.77. The minimum Gasteiger partial charge on any atom is -0.396 e. The van der Waals surface area contributed by atoms with E-state index in [1.807, 2.05) is 0 Å². The highest BCUT2D eigenvalue weighted by Crippen LogP contribution is 2.19. The predicted molar refractivity (Wildman–Crippen MR) is 55.7 cm³/mol. The quantitative estimate of drug-likeness (QED) is 0.670. The van der Waals surface area contributed by atoms with Gasteiger partial charge in [0.05, 0.1) is 0 Å². The molecule has 0 spiro atoms. The van der Waals surface area contributed by atoms with E-state index in [2.05, 4.69) is 24.1 Å². The lowest BCUT2D eigenvalue weighted by atomic mass is 9.94. The van der Waals surface area contributed by atoms with E-state index in [9.17, 15) is 0 Å². The van der Waals surface area contributed by atoms with Crippen LogP contribution in [0.2, 0.25) is 0 Å². The van der Waals surface area contributed by atoms with Crippen molar-refractivity contribution in [2.45, 2.75) is 25.7 Å². The van der Waals surface area contributed by atoms with Crippen LogP contribution in [0.5, 0.6) is 0 Å². The maximum atomic E-state index is 8.58. The van der Waals surface area contributed by atoms with Gasteiger partial charge in [-0.2, -0.15) is 0 Å². The van der Waals surface area contributed by atoms with E-state index >= 15 is 0 Å². The summed E-state index contributed by atoms with van der Waals surface area (Å²) in [6.07, 6.45) is 9.00. The van der Waals surface area contributed by atoms with Crippen LogP contribution in [0, 0.1) is 5.92 Å². The molecule has 1 rings (SSSR count).